The smallest absolute Gasteiger partial charge is 0.234 e. The normalized spacial score (nSPS) is 20.7. The molecule has 1 fully saturated rings. The van der Waals surface area contributed by atoms with Crippen molar-refractivity contribution in [2.75, 3.05) is 0 Å². The average molecular weight is 218 g/mol. The van der Waals surface area contributed by atoms with Gasteiger partial charge in [0.1, 0.15) is 0 Å². The van der Waals surface area contributed by atoms with E-state index in [9.17, 15) is 9.59 Å². The Bertz CT molecular complexity index is 412. The molecular formula is C12H14N2O2. The molecule has 1 aromatic heterocycles. The summed E-state index contributed by atoms with van der Waals surface area (Å²) < 4.78 is 0. The SMILES string of the molecule is CCc1ccc(C2CCC(=O)NC2=O)cn1. The Morgan fingerprint density at radius 1 is 1.44 bits per heavy atom. The van der Waals surface area contributed by atoms with Gasteiger partial charge in [0.2, 0.25) is 11.8 Å². The average Bonchev–Trinajstić information content (AvgIpc) is 2.29. The molecule has 1 N–H and O–H groups in total. The Hall–Kier alpha value is -1.71. The van der Waals surface area contributed by atoms with Gasteiger partial charge in [0, 0.05) is 18.3 Å². The topological polar surface area (TPSA) is 59.1 Å². The lowest BCUT2D eigenvalue weighted by atomic mass is 9.91. The van der Waals surface area contributed by atoms with Crippen LogP contribution < -0.4 is 5.32 Å². The van der Waals surface area contributed by atoms with E-state index in [1.807, 2.05) is 19.1 Å². The van der Waals surface area contributed by atoms with Crippen LogP contribution in [0.4, 0.5) is 0 Å². The second-order valence-electron chi connectivity index (χ2n) is 3.94. The maximum Gasteiger partial charge on any atom is 0.234 e. The van der Waals surface area contributed by atoms with Gasteiger partial charge >= 0.3 is 0 Å². The number of aryl methyl sites for hydroxylation is 1. The lowest BCUT2D eigenvalue weighted by molar-refractivity contribution is -0.134. The molecule has 2 rings (SSSR count). The molecule has 84 valence electrons. The van der Waals surface area contributed by atoms with Gasteiger partial charge in [-0.15, -0.1) is 0 Å². The minimum atomic E-state index is -0.226. The predicted molar refractivity (Wildman–Crippen MR) is 58.7 cm³/mol. The second kappa shape index (κ2) is 4.43. The minimum Gasteiger partial charge on any atom is -0.296 e. The first-order valence-corrected chi connectivity index (χ1v) is 5.49. The summed E-state index contributed by atoms with van der Waals surface area (Å²) in [6.07, 6.45) is 3.61. The number of carbonyl (C=O) groups excluding carboxylic acids is 2. The summed E-state index contributed by atoms with van der Waals surface area (Å²) in [5, 5.41) is 2.35. The van der Waals surface area contributed by atoms with Crippen molar-refractivity contribution in [1.82, 2.24) is 10.3 Å². The van der Waals surface area contributed by atoms with E-state index in [-0.39, 0.29) is 17.7 Å². The summed E-state index contributed by atoms with van der Waals surface area (Å²) in [5.74, 6) is -0.613. The molecular weight excluding hydrogens is 204 g/mol. The molecule has 1 atom stereocenters. The van der Waals surface area contributed by atoms with Gasteiger partial charge in [-0.25, -0.2) is 0 Å². The highest BCUT2D eigenvalue weighted by molar-refractivity contribution is 6.00. The number of nitrogens with one attached hydrogen (secondary N) is 1. The van der Waals surface area contributed by atoms with E-state index >= 15 is 0 Å². The van der Waals surface area contributed by atoms with Crippen LogP contribution in [-0.2, 0) is 16.0 Å². The molecule has 1 saturated heterocycles. The van der Waals surface area contributed by atoms with Crippen molar-refractivity contribution in [3.63, 3.8) is 0 Å². The summed E-state index contributed by atoms with van der Waals surface area (Å²) in [4.78, 5) is 26.9. The molecule has 1 aliphatic rings. The van der Waals surface area contributed by atoms with Crippen LogP contribution in [0.2, 0.25) is 0 Å². The first-order valence-electron chi connectivity index (χ1n) is 5.49. The molecule has 2 amide bonds. The van der Waals surface area contributed by atoms with Crippen molar-refractivity contribution in [2.45, 2.75) is 32.1 Å². The fourth-order valence-electron chi connectivity index (χ4n) is 1.86. The standard InChI is InChI=1S/C12H14N2O2/c1-2-9-4-3-8(7-13-9)10-5-6-11(15)14-12(10)16/h3-4,7,10H,2,5-6H2,1H3,(H,14,15,16). The summed E-state index contributed by atoms with van der Waals surface area (Å²) in [6.45, 7) is 2.04. The number of piperidine rings is 1. The summed E-state index contributed by atoms with van der Waals surface area (Å²) in [6, 6.07) is 3.85. The lowest BCUT2D eigenvalue weighted by Crippen LogP contribution is -2.39. The van der Waals surface area contributed by atoms with Crippen LogP contribution in [0.5, 0.6) is 0 Å². The molecule has 0 bridgehead atoms. The highest BCUT2D eigenvalue weighted by atomic mass is 16.2. The van der Waals surface area contributed by atoms with Gasteiger partial charge in [-0.3, -0.25) is 19.9 Å². The van der Waals surface area contributed by atoms with Gasteiger partial charge in [0.15, 0.2) is 0 Å². The van der Waals surface area contributed by atoms with Gasteiger partial charge in [0.25, 0.3) is 0 Å². The number of hydrogen-bond donors (Lipinski definition) is 1. The van der Waals surface area contributed by atoms with E-state index < -0.39 is 0 Å². The van der Waals surface area contributed by atoms with Gasteiger partial charge < -0.3 is 0 Å². The molecule has 1 unspecified atom stereocenters. The number of aromatic nitrogens is 1. The van der Waals surface area contributed by atoms with Crippen LogP contribution >= 0.6 is 0 Å². The third-order valence-corrected chi connectivity index (χ3v) is 2.85. The Balaban J connectivity index is 2.17. The quantitative estimate of drug-likeness (QED) is 0.758. The highest BCUT2D eigenvalue weighted by Gasteiger charge is 2.27. The molecule has 0 aromatic carbocycles. The first-order chi connectivity index (χ1) is 7.70. The van der Waals surface area contributed by atoms with Crippen molar-refractivity contribution in [2.24, 2.45) is 0 Å². The third kappa shape index (κ3) is 2.10. The molecule has 0 radical (unpaired) electrons. The number of amides is 2. The molecule has 4 nitrogen and oxygen atoms in total. The van der Waals surface area contributed by atoms with Crippen LogP contribution in [0.3, 0.4) is 0 Å². The highest BCUT2D eigenvalue weighted by Crippen LogP contribution is 2.24. The zero-order chi connectivity index (χ0) is 11.5. The van der Waals surface area contributed by atoms with Crippen molar-refractivity contribution in [3.05, 3.63) is 29.6 Å². The first kappa shape index (κ1) is 10.8. The Kier molecular flexibility index (Phi) is 2.99. The lowest BCUT2D eigenvalue weighted by Gasteiger charge is -2.20. The molecule has 1 aromatic rings. The summed E-state index contributed by atoms with van der Waals surface area (Å²) >= 11 is 0. The summed E-state index contributed by atoms with van der Waals surface area (Å²) in [5.41, 5.74) is 1.90. The van der Waals surface area contributed by atoms with E-state index in [0.29, 0.717) is 12.8 Å². The molecule has 4 heteroatoms. The van der Waals surface area contributed by atoms with Gasteiger partial charge in [-0.05, 0) is 24.5 Å². The second-order valence-corrected chi connectivity index (χ2v) is 3.94. The van der Waals surface area contributed by atoms with E-state index in [1.165, 1.54) is 0 Å². The summed E-state index contributed by atoms with van der Waals surface area (Å²) in [7, 11) is 0. The van der Waals surface area contributed by atoms with Crippen molar-refractivity contribution >= 4 is 11.8 Å². The zero-order valence-corrected chi connectivity index (χ0v) is 9.19. The van der Waals surface area contributed by atoms with Crippen LogP contribution in [-0.4, -0.2) is 16.8 Å². The van der Waals surface area contributed by atoms with Crippen LogP contribution in [0.25, 0.3) is 0 Å². The number of imide groups is 1. The predicted octanol–water partition coefficient (Wildman–Crippen LogP) is 1.16. The fraction of sp³-hybridized carbons (Fsp3) is 0.417. The Labute approximate surface area is 94.1 Å². The van der Waals surface area contributed by atoms with Gasteiger partial charge in [-0.1, -0.05) is 13.0 Å². The number of nitrogens with zero attached hydrogens (tertiary/aromatic N) is 1. The van der Waals surface area contributed by atoms with E-state index in [0.717, 1.165) is 17.7 Å². The monoisotopic (exact) mass is 218 g/mol. The maximum atomic E-state index is 11.6. The maximum absolute atomic E-state index is 11.6. The third-order valence-electron chi connectivity index (χ3n) is 2.85. The van der Waals surface area contributed by atoms with Crippen LogP contribution in [0.1, 0.15) is 36.9 Å². The van der Waals surface area contributed by atoms with Gasteiger partial charge in [0.05, 0.1) is 5.92 Å². The number of carbonyl (C=O) groups is 2. The molecule has 16 heavy (non-hydrogen) atoms. The number of hydrogen-bond acceptors (Lipinski definition) is 3. The molecule has 2 heterocycles. The molecule has 0 aliphatic carbocycles. The van der Waals surface area contributed by atoms with Crippen molar-refractivity contribution in [3.8, 4) is 0 Å². The Morgan fingerprint density at radius 2 is 2.25 bits per heavy atom. The largest absolute Gasteiger partial charge is 0.296 e. The van der Waals surface area contributed by atoms with E-state index in [4.69, 9.17) is 0 Å². The number of rotatable bonds is 2. The van der Waals surface area contributed by atoms with E-state index in [1.54, 1.807) is 6.20 Å². The van der Waals surface area contributed by atoms with E-state index in [2.05, 4.69) is 10.3 Å². The van der Waals surface area contributed by atoms with Gasteiger partial charge in [-0.2, -0.15) is 0 Å². The zero-order valence-electron chi connectivity index (χ0n) is 9.19. The Morgan fingerprint density at radius 3 is 2.81 bits per heavy atom. The van der Waals surface area contributed by atoms with Crippen LogP contribution in [0.15, 0.2) is 18.3 Å². The number of pyridine rings is 1. The van der Waals surface area contributed by atoms with Crippen LogP contribution in [0, 0.1) is 0 Å². The molecule has 0 saturated carbocycles. The minimum absolute atomic E-state index is 0.181. The molecule has 1 aliphatic heterocycles. The molecule has 0 spiro atoms. The van der Waals surface area contributed by atoms with Crippen molar-refractivity contribution in [1.29, 1.82) is 0 Å². The van der Waals surface area contributed by atoms with Crippen molar-refractivity contribution < 1.29 is 9.59 Å². The fourth-order valence-corrected chi connectivity index (χ4v) is 1.86.